The van der Waals surface area contributed by atoms with Gasteiger partial charge in [0.25, 0.3) is 0 Å². The first kappa shape index (κ1) is 16.7. The maximum atomic E-state index is 10.1. The second-order valence-electron chi connectivity index (χ2n) is 5.53. The lowest BCUT2D eigenvalue weighted by Crippen LogP contribution is -2.30. The molecular weight excluding hydrogens is 334 g/mol. The molecule has 0 unspecified atom stereocenters. The van der Waals surface area contributed by atoms with Gasteiger partial charge in [0.2, 0.25) is 0 Å². The smallest absolute Gasteiger partial charge is 0.164 e. The lowest BCUT2D eigenvalue weighted by Gasteiger charge is -2.22. The number of benzene rings is 3. The van der Waals surface area contributed by atoms with E-state index in [1.807, 2.05) is 42.5 Å². The van der Waals surface area contributed by atoms with Gasteiger partial charge in [0.1, 0.15) is 11.5 Å². The van der Waals surface area contributed by atoms with Crippen molar-refractivity contribution in [2.24, 2.45) is 10.9 Å². The van der Waals surface area contributed by atoms with Crippen LogP contribution in [0.1, 0.15) is 11.1 Å². The van der Waals surface area contributed by atoms with Gasteiger partial charge in [-0.25, -0.2) is 0 Å². The first-order chi connectivity index (χ1) is 12.1. The van der Waals surface area contributed by atoms with Crippen LogP contribution in [0.25, 0.3) is 10.8 Å². The van der Waals surface area contributed by atoms with Crippen molar-refractivity contribution in [2.45, 2.75) is 6.54 Å². The van der Waals surface area contributed by atoms with Crippen LogP contribution in [-0.2, 0) is 6.54 Å². The highest BCUT2D eigenvalue weighted by Crippen LogP contribution is 2.26. The van der Waals surface area contributed by atoms with Gasteiger partial charge in [0.05, 0.1) is 17.6 Å². The molecule has 0 heterocycles. The highest BCUT2D eigenvalue weighted by atomic mass is 32.1. The summed E-state index contributed by atoms with van der Waals surface area (Å²) in [6.45, 7) is 0.446. The molecule has 3 aromatic carbocycles. The average Bonchev–Trinajstić information content (AvgIpc) is 2.63. The van der Waals surface area contributed by atoms with Crippen LogP contribution in [0.3, 0.4) is 0 Å². The predicted octanol–water partition coefficient (Wildman–Crippen LogP) is 3.33. The SMILES string of the molecule is N/N=C(/c1ccc(O)cc1O)N(C=S)Cc1cccc2ccccc12. The van der Waals surface area contributed by atoms with Crippen molar-refractivity contribution in [1.29, 1.82) is 0 Å². The van der Waals surface area contributed by atoms with Crippen LogP contribution in [-0.4, -0.2) is 26.4 Å². The van der Waals surface area contributed by atoms with Crippen LogP contribution in [0.2, 0.25) is 0 Å². The number of fused-ring (bicyclic) bond motifs is 1. The van der Waals surface area contributed by atoms with E-state index in [1.165, 1.54) is 17.6 Å². The molecule has 0 atom stereocenters. The molecular formula is C19H17N3O2S. The summed E-state index contributed by atoms with van der Waals surface area (Å²) in [5.41, 5.74) is 2.89. The number of aromatic hydroxyl groups is 2. The van der Waals surface area contributed by atoms with Crippen molar-refractivity contribution in [3.63, 3.8) is 0 Å². The third kappa shape index (κ3) is 3.39. The van der Waals surface area contributed by atoms with E-state index in [2.05, 4.69) is 5.10 Å². The number of nitrogens with two attached hydrogens (primary N) is 1. The summed E-state index contributed by atoms with van der Waals surface area (Å²) in [7, 11) is 0. The molecule has 25 heavy (non-hydrogen) atoms. The summed E-state index contributed by atoms with van der Waals surface area (Å²) >= 11 is 5.14. The van der Waals surface area contributed by atoms with Gasteiger partial charge in [-0.3, -0.25) is 0 Å². The number of hydrogen-bond donors (Lipinski definition) is 3. The van der Waals surface area contributed by atoms with Gasteiger partial charge in [0, 0.05) is 6.07 Å². The third-order valence-electron chi connectivity index (χ3n) is 3.96. The zero-order valence-electron chi connectivity index (χ0n) is 13.3. The summed E-state index contributed by atoms with van der Waals surface area (Å²) in [4.78, 5) is 1.68. The molecule has 0 spiro atoms. The number of thiocarbonyl (C=S) groups is 1. The van der Waals surface area contributed by atoms with Gasteiger partial charge in [-0.1, -0.05) is 54.7 Å². The van der Waals surface area contributed by atoms with E-state index in [1.54, 1.807) is 11.0 Å². The Kier molecular flexibility index (Phi) is 4.81. The van der Waals surface area contributed by atoms with Crippen molar-refractivity contribution >= 4 is 34.3 Å². The molecule has 0 saturated carbocycles. The van der Waals surface area contributed by atoms with Crippen molar-refractivity contribution < 1.29 is 10.2 Å². The summed E-state index contributed by atoms with van der Waals surface area (Å²) in [5.74, 6) is 5.72. The van der Waals surface area contributed by atoms with Crippen LogP contribution in [0.5, 0.6) is 11.5 Å². The second kappa shape index (κ2) is 7.19. The maximum Gasteiger partial charge on any atom is 0.164 e. The minimum absolute atomic E-state index is 0.0411. The summed E-state index contributed by atoms with van der Waals surface area (Å²) < 4.78 is 0. The average molecular weight is 351 g/mol. The Hall–Kier alpha value is -3.12. The molecule has 0 radical (unpaired) electrons. The van der Waals surface area contributed by atoms with Crippen LogP contribution in [0.4, 0.5) is 0 Å². The molecule has 0 aromatic heterocycles. The first-order valence-electron chi connectivity index (χ1n) is 7.63. The molecule has 0 saturated heterocycles. The molecule has 4 N–H and O–H groups in total. The Balaban J connectivity index is 1.99. The number of hydrazone groups is 1. The molecule has 126 valence electrons. The highest BCUT2D eigenvalue weighted by molar-refractivity contribution is 7.78. The van der Waals surface area contributed by atoms with E-state index in [9.17, 15) is 10.2 Å². The van der Waals surface area contributed by atoms with Crippen LogP contribution in [0, 0.1) is 0 Å². The minimum atomic E-state index is -0.121. The Morgan fingerprint density at radius 2 is 1.84 bits per heavy atom. The fraction of sp³-hybridized carbons (Fsp3) is 0.0526. The fourth-order valence-electron chi connectivity index (χ4n) is 2.78. The van der Waals surface area contributed by atoms with E-state index >= 15 is 0 Å². The molecule has 0 aliphatic carbocycles. The molecule has 0 aliphatic heterocycles. The Bertz CT molecular complexity index is 951. The van der Waals surface area contributed by atoms with Gasteiger partial charge >= 0.3 is 0 Å². The molecule has 0 aliphatic rings. The molecule has 0 bridgehead atoms. The summed E-state index contributed by atoms with van der Waals surface area (Å²) in [5, 5.41) is 25.6. The van der Waals surface area contributed by atoms with Crippen molar-refractivity contribution in [2.75, 3.05) is 0 Å². The lowest BCUT2D eigenvalue weighted by atomic mass is 10.0. The predicted molar refractivity (Wildman–Crippen MR) is 104 cm³/mol. The molecule has 6 heteroatoms. The third-order valence-corrected chi connectivity index (χ3v) is 4.22. The number of hydrogen-bond acceptors (Lipinski definition) is 5. The standard InChI is InChI=1S/C19H17N3O2S/c20-21-19(17-9-8-15(23)10-18(17)24)22(12-25)11-14-6-3-5-13-4-1-2-7-16(13)14/h1-10,12,23-24H,11,20H2/b21-19-. The molecule has 5 nitrogen and oxygen atoms in total. The van der Waals surface area contributed by atoms with Gasteiger partial charge in [-0.2, -0.15) is 5.10 Å². The zero-order chi connectivity index (χ0) is 17.8. The Morgan fingerprint density at radius 3 is 2.56 bits per heavy atom. The normalized spacial score (nSPS) is 11.4. The van der Waals surface area contributed by atoms with E-state index in [-0.39, 0.29) is 11.5 Å². The highest BCUT2D eigenvalue weighted by Gasteiger charge is 2.17. The first-order valence-corrected chi connectivity index (χ1v) is 8.10. The quantitative estimate of drug-likeness (QED) is 0.221. The second-order valence-corrected chi connectivity index (χ2v) is 5.74. The van der Waals surface area contributed by atoms with Gasteiger partial charge in [0.15, 0.2) is 5.84 Å². The van der Waals surface area contributed by atoms with Gasteiger partial charge < -0.3 is 21.0 Å². The van der Waals surface area contributed by atoms with Crippen molar-refractivity contribution in [1.82, 2.24) is 4.90 Å². The van der Waals surface area contributed by atoms with Crippen LogP contribution >= 0.6 is 12.2 Å². The van der Waals surface area contributed by atoms with E-state index in [0.29, 0.717) is 17.9 Å². The maximum absolute atomic E-state index is 10.1. The number of phenolic OH excluding ortho intramolecular Hbond substituents is 2. The van der Waals surface area contributed by atoms with E-state index in [0.717, 1.165) is 16.3 Å². The monoisotopic (exact) mass is 351 g/mol. The van der Waals surface area contributed by atoms with Gasteiger partial charge in [-0.05, 0) is 28.5 Å². The Morgan fingerprint density at radius 1 is 1.08 bits per heavy atom. The summed E-state index contributed by atoms with van der Waals surface area (Å²) in [6.07, 6.45) is 0. The van der Waals surface area contributed by atoms with Crippen molar-refractivity contribution in [3.05, 3.63) is 71.8 Å². The number of phenols is 2. The van der Waals surface area contributed by atoms with Gasteiger partial charge in [-0.15, -0.1) is 0 Å². The van der Waals surface area contributed by atoms with E-state index < -0.39 is 0 Å². The topological polar surface area (TPSA) is 82.1 Å². The molecule has 3 aromatic rings. The van der Waals surface area contributed by atoms with E-state index in [4.69, 9.17) is 18.1 Å². The molecule has 0 amide bonds. The number of amidine groups is 1. The largest absolute Gasteiger partial charge is 0.508 e. The van der Waals surface area contributed by atoms with Crippen LogP contribution < -0.4 is 5.84 Å². The van der Waals surface area contributed by atoms with Crippen molar-refractivity contribution in [3.8, 4) is 11.5 Å². The number of nitrogens with zero attached hydrogens (tertiary/aromatic N) is 2. The van der Waals surface area contributed by atoms with Crippen LogP contribution in [0.15, 0.2) is 65.8 Å². The Labute approximate surface area is 150 Å². The summed E-state index contributed by atoms with van der Waals surface area (Å²) in [6, 6.07) is 18.3. The molecule has 3 rings (SSSR count). The number of rotatable bonds is 4. The lowest BCUT2D eigenvalue weighted by molar-refractivity contribution is 0.449. The minimum Gasteiger partial charge on any atom is -0.508 e. The fourth-order valence-corrected chi connectivity index (χ4v) is 2.96. The molecule has 0 fully saturated rings. The zero-order valence-corrected chi connectivity index (χ0v) is 14.1.